The van der Waals surface area contributed by atoms with Crippen LogP contribution in [-0.4, -0.2) is 23.1 Å². The molecule has 3 rings (SSSR count). The third-order valence-corrected chi connectivity index (χ3v) is 4.27. The molecule has 2 N–H and O–H groups in total. The van der Waals surface area contributed by atoms with E-state index in [1.807, 2.05) is 0 Å². The molecule has 0 aliphatic heterocycles. The average molecular weight is 381 g/mol. The van der Waals surface area contributed by atoms with E-state index < -0.39 is 29.6 Å². The molecule has 1 aromatic heterocycles. The molecule has 1 amide bonds. The van der Waals surface area contributed by atoms with Crippen LogP contribution in [0.2, 0.25) is 0 Å². The van der Waals surface area contributed by atoms with Crippen LogP contribution in [-0.2, 0) is 9.59 Å². The third-order valence-electron chi connectivity index (χ3n) is 4.27. The molecular formula is C21H19NO6. The van der Waals surface area contributed by atoms with Gasteiger partial charge in [-0.3, -0.25) is 4.79 Å². The van der Waals surface area contributed by atoms with Gasteiger partial charge in [0.25, 0.3) is 5.91 Å². The zero-order valence-corrected chi connectivity index (χ0v) is 15.3. The summed E-state index contributed by atoms with van der Waals surface area (Å²) in [7, 11) is 0. The molecule has 0 aliphatic rings. The van der Waals surface area contributed by atoms with Crippen molar-refractivity contribution in [3.8, 4) is 5.75 Å². The highest BCUT2D eigenvalue weighted by Crippen LogP contribution is 2.23. The Kier molecular flexibility index (Phi) is 5.44. The first-order valence-electron chi connectivity index (χ1n) is 8.64. The first-order chi connectivity index (χ1) is 13.3. The number of nitrogens with one attached hydrogen (secondary N) is 1. The Morgan fingerprint density at radius 1 is 1.11 bits per heavy atom. The number of aliphatic carboxylic acids is 1. The number of carboxylic acids is 1. The number of fused-ring (bicyclic) bond motifs is 1. The van der Waals surface area contributed by atoms with Crippen molar-refractivity contribution in [1.82, 2.24) is 5.32 Å². The predicted molar refractivity (Wildman–Crippen MR) is 102 cm³/mol. The minimum Gasteiger partial charge on any atom is -0.481 e. The number of carboxylic acid groups (broad SMARTS) is 1. The number of ether oxygens (including phenoxy) is 1. The van der Waals surface area contributed by atoms with Crippen molar-refractivity contribution in [1.29, 1.82) is 0 Å². The van der Waals surface area contributed by atoms with E-state index in [1.165, 1.54) is 19.1 Å². The van der Waals surface area contributed by atoms with Crippen LogP contribution in [0.5, 0.6) is 5.75 Å². The highest BCUT2D eigenvalue weighted by molar-refractivity contribution is 5.87. The minimum absolute atomic E-state index is 0.329. The summed E-state index contributed by atoms with van der Waals surface area (Å²) in [6.07, 6.45) is -0.959. The molecule has 0 radical (unpaired) electrons. The van der Waals surface area contributed by atoms with Gasteiger partial charge in [0.15, 0.2) is 12.1 Å². The van der Waals surface area contributed by atoms with Crippen LogP contribution in [0.25, 0.3) is 11.0 Å². The van der Waals surface area contributed by atoms with Gasteiger partial charge in [0.1, 0.15) is 11.3 Å². The molecule has 0 saturated carbocycles. The quantitative estimate of drug-likeness (QED) is 0.636. The Bertz CT molecular complexity index is 1070. The molecule has 1 heterocycles. The molecule has 7 nitrogen and oxygen atoms in total. The minimum atomic E-state index is -1.18. The van der Waals surface area contributed by atoms with E-state index in [2.05, 4.69) is 5.32 Å². The van der Waals surface area contributed by atoms with Crippen molar-refractivity contribution in [2.75, 3.05) is 0 Å². The molecule has 2 unspecified atom stereocenters. The maximum atomic E-state index is 12.4. The lowest BCUT2D eigenvalue weighted by atomic mass is 10.1. The van der Waals surface area contributed by atoms with Crippen molar-refractivity contribution >= 4 is 22.8 Å². The molecule has 0 saturated heterocycles. The second-order valence-corrected chi connectivity index (χ2v) is 6.36. The van der Waals surface area contributed by atoms with E-state index in [0.717, 1.165) is 10.9 Å². The lowest BCUT2D eigenvalue weighted by Crippen LogP contribution is -2.41. The van der Waals surface area contributed by atoms with E-state index in [4.69, 9.17) is 9.15 Å². The monoisotopic (exact) mass is 381 g/mol. The Morgan fingerprint density at radius 3 is 2.50 bits per heavy atom. The topological polar surface area (TPSA) is 106 Å². The highest BCUT2D eigenvalue weighted by atomic mass is 16.5. The van der Waals surface area contributed by atoms with Crippen LogP contribution in [0, 0.1) is 6.92 Å². The molecule has 2 atom stereocenters. The molecule has 2 aromatic carbocycles. The molecule has 0 bridgehead atoms. The maximum absolute atomic E-state index is 12.4. The summed E-state index contributed by atoms with van der Waals surface area (Å²) in [5.41, 5.74) is 1.11. The molecule has 144 valence electrons. The summed E-state index contributed by atoms with van der Waals surface area (Å²) in [5, 5.41) is 12.7. The normalized spacial score (nSPS) is 12.9. The number of hydrogen-bond donors (Lipinski definition) is 2. The van der Waals surface area contributed by atoms with Crippen molar-refractivity contribution in [2.24, 2.45) is 0 Å². The summed E-state index contributed by atoms with van der Waals surface area (Å²) in [6.45, 7) is 3.31. The Morgan fingerprint density at radius 2 is 1.82 bits per heavy atom. The SMILES string of the molecule is Cc1cc(=O)oc2cc(OC(C)C(=O)NC(C(=O)O)c3ccccc3)ccc12. The molecule has 0 spiro atoms. The molecule has 0 aliphatic carbocycles. The van der Waals surface area contributed by atoms with E-state index in [0.29, 0.717) is 16.9 Å². The van der Waals surface area contributed by atoms with Crippen LogP contribution >= 0.6 is 0 Å². The smallest absolute Gasteiger partial charge is 0.336 e. The van der Waals surface area contributed by atoms with E-state index in [9.17, 15) is 19.5 Å². The fourth-order valence-corrected chi connectivity index (χ4v) is 2.83. The Balaban J connectivity index is 1.75. The first-order valence-corrected chi connectivity index (χ1v) is 8.64. The number of aryl methyl sites for hydroxylation is 1. The number of carbonyl (C=O) groups is 2. The summed E-state index contributed by atoms with van der Waals surface area (Å²) < 4.78 is 10.8. The van der Waals surface area contributed by atoms with Crippen LogP contribution in [0.1, 0.15) is 24.1 Å². The van der Waals surface area contributed by atoms with E-state index >= 15 is 0 Å². The molecular weight excluding hydrogens is 362 g/mol. The van der Waals surface area contributed by atoms with Gasteiger partial charge in [0, 0.05) is 17.5 Å². The highest BCUT2D eigenvalue weighted by Gasteiger charge is 2.25. The van der Waals surface area contributed by atoms with Gasteiger partial charge in [0.2, 0.25) is 0 Å². The lowest BCUT2D eigenvalue weighted by molar-refractivity contribution is -0.143. The van der Waals surface area contributed by atoms with Crippen LogP contribution < -0.4 is 15.7 Å². The predicted octanol–water partition coefficient (Wildman–Crippen LogP) is 2.81. The summed E-state index contributed by atoms with van der Waals surface area (Å²) >= 11 is 0. The van der Waals surface area contributed by atoms with Crippen LogP contribution in [0.4, 0.5) is 0 Å². The lowest BCUT2D eigenvalue weighted by Gasteiger charge is -2.19. The fourth-order valence-electron chi connectivity index (χ4n) is 2.83. The van der Waals surface area contributed by atoms with Crippen molar-refractivity contribution < 1.29 is 23.8 Å². The first kappa shape index (κ1) is 19.2. The van der Waals surface area contributed by atoms with Gasteiger partial charge in [-0.15, -0.1) is 0 Å². The molecule has 7 heteroatoms. The largest absolute Gasteiger partial charge is 0.481 e. The fraction of sp³-hybridized carbons (Fsp3) is 0.190. The second-order valence-electron chi connectivity index (χ2n) is 6.36. The third kappa shape index (κ3) is 4.20. The average Bonchev–Trinajstić information content (AvgIpc) is 2.65. The summed E-state index contributed by atoms with van der Waals surface area (Å²) in [6, 6.07) is 13.5. The summed E-state index contributed by atoms with van der Waals surface area (Å²) in [5.74, 6) is -1.42. The van der Waals surface area contributed by atoms with Gasteiger partial charge in [-0.05, 0) is 37.1 Å². The standard InChI is InChI=1S/C21H19NO6/c1-12-10-18(23)28-17-11-15(8-9-16(12)17)27-13(2)20(24)22-19(21(25)26)14-6-4-3-5-7-14/h3-11,13,19H,1-2H3,(H,22,24)(H,25,26). The van der Waals surface area contributed by atoms with Gasteiger partial charge in [-0.1, -0.05) is 30.3 Å². The summed E-state index contributed by atoms with van der Waals surface area (Å²) in [4.78, 5) is 35.5. The molecule has 0 fully saturated rings. The maximum Gasteiger partial charge on any atom is 0.336 e. The number of amides is 1. The number of carbonyl (C=O) groups excluding carboxylic acids is 1. The number of hydrogen-bond acceptors (Lipinski definition) is 5. The van der Waals surface area contributed by atoms with E-state index in [-0.39, 0.29) is 0 Å². The van der Waals surface area contributed by atoms with Crippen LogP contribution in [0.3, 0.4) is 0 Å². The number of benzene rings is 2. The van der Waals surface area contributed by atoms with Crippen molar-refractivity contribution in [2.45, 2.75) is 26.0 Å². The Labute approximate surface area is 160 Å². The van der Waals surface area contributed by atoms with Crippen molar-refractivity contribution in [3.05, 3.63) is 76.1 Å². The zero-order chi connectivity index (χ0) is 20.3. The molecule has 28 heavy (non-hydrogen) atoms. The van der Waals surface area contributed by atoms with E-state index in [1.54, 1.807) is 49.4 Å². The van der Waals surface area contributed by atoms with Crippen LogP contribution in [0.15, 0.2) is 63.8 Å². The number of rotatable bonds is 6. The second kappa shape index (κ2) is 7.96. The van der Waals surface area contributed by atoms with Gasteiger partial charge < -0.3 is 19.6 Å². The van der Waals surface area contributed by atoms with Gasteiger partial charge in [-0.25, -0.2) is 9.59 Å². The van der Waals surface area contributed by atoms with Gasteiger partial charge >= 0.3 is 11.6 Å². The molecule has 3 aromatic rings. The Hall–Kier alpha value is -3.61. The van der Waals surface area contributed by atoms with Gasteiger partial charge in [-0.2, -0.15) is 0 Å². The van der Waals surface area contributed by atoms with Crippen molar-refractivity contribution in [3.63, 3.8) is 0 Å². The zero-order valence-electron chi connectivity index (χ0n) is 15.3. The van der Waals surface area contributed by atoms with Gasteiger partial charge in [0.05, 0.1) is 0 Å².